The largest absolute Gasteiger partial charge is 0.482 e. The van der Waals surface area contributed by atoms with Gasteiger partial charge in [-0.15, -0.1) is 0 Å². The Bertz CT molecular complexity index is 619. The molecule has 2 aromatic rings. The lowest BCUT2D eigenvalue weighted by molar-refractivity contribution is 0.0657. The summed E-state index contributed by atoms with van der Waals surface area (Å²) < 4.78 is 36.3. The zero-order valence-electron chi connectivity index (χ0n) is 9.94. The average molecular weight is 268 g/mol. The molecule has 0 amide bonds. The minimum atomic E-state index is -1.19. The summed E-state index contributed by atoms with van der Waals surface area (Å²) in [6.07, 6.45) is 0. The summed E-state index contributed by atoms with van der Waals surface area (Å²) in [5, 5.41) is 8.80. The summed E-state index contributed by atoms with van der Waals surface area (Å²) >= 11 is 0. The molecule has 0 aliphatic rings. The molecular weight excluding hydrogens is 258 g/mol. The van der Waals surface area contributed by atoms with Gasteiger partial charge in [0.25, 0.3) is 0 Å². The van der Waals surface area contributed by atoms with E-state index in [2.05, 4.69) is 0 Å². The quantitative estimate of drug-likeness (QED) is 0.925. The number of aromatic carboxylic acids is 1. The first kappa shape index (κ1) is 13.1. The number of aryl methyl sites for hydroxylation is 1. The molecule has 0 spiro atoms. The second kappa shape index (κ2) is 5.09. The predicted molar refractivity (Wildman–Crippen MR) is 61.1 cm³/mol. The van der Waals surface area contributed by atoms with Gasteiger partial charge in [-0.25, -0.2) is 9.18 Å². The molecule has 0 radical (unpaired) electrons. The summed E-state index contributed by atoms with van der Waals surface area (Å²) in [6, 6.07) is 5.03. The molecule has 0 fully saturated rings. The van der Waals surface area contributed by atoms with Crippen molar-refractivity contribution < 1.29 is 27.8 Å². The van der Waals surface area contributed by atoms with Crippen LogP contribution >= 0.6 is 0 Å². The van der Waals surface area contributed by atoms with Crippen molar-refractivity contribution in [3.8, 4) is 5.75 Å². The number of carboxylic acids is 1. The number of hydrogen-bond acceptors (Lipinski definition) is 3. The van der Waals surface area contributed by atoms with Crippen LogP contribution in [0.2, 0.25) is 0 Å². The fraction of sp³-hybridized carbons (Fsp3) is 0.154. The molecule has 0 aliphatic carbocycles. The van der Waals surface area contributed by atoms with E-state index in [4.69, 9.17) is 14.3 Å². The van der Waals surface area contributed by atoms with Crippen molar-refractivity contribution in [2.24, 2.45) is 0 Å². The molecule has 1 aromatic carbocycles. The molecule has 0 aliphatic heterocycles. The number of halogens is 2. The molecule has 0 saturated heterocycles. The number of carboxylic acid groups (broad SMARTS) is 1. The van der Waals surface area contributed by atoms with Crippen molar-refractivity contribution in [3.63, 3.8) is 0 Å². The van der Waals surface area contributed by atoms with E-state index in [0.29, 0.717) is 5.56 Å². The van der Waals surface area contributed by atoms with Crippen LogP contribution in [-0.2, 0) is 6.61 Å². The number of furan rings is 1. The van der Waals surface area contributed by atoms with Crippen LogP contribution in [0.25, 0.3) is 0 Å². The second-order valence-electron chi connectivity index (χ2n) is 3.87. The molecule has 1 aromatic heterocycles. The maximum Gasteiger partial charge on any atom is 0.372 e. The lowest BCUT2D eigenvalue weighted by Crippen LogP contribution is -1.98. The minimum Gasteiger partial charge on any atom is -0.482 e. The fourth-order valence-corrected chi connectivity index (χ4v) is 1.58. The maximum atomic E-state index is 13.3. The zero-order chi connectivity index (χ0) is 14.0. The van der Waals surface area contributed by atoms with Crippen molar-refractivity contribution >= 4 is 5.97 Å². The van der Waals surface area contributed by atoms with Gasteiger partial charge < -0.3 is 14.3 Å². The standard InChI is InChI=1S/C13H10F2O4/c1-7-5-8(19-12(7)13(16)17)6-18-10-4-2-3-9(14)11(10)15/h2-5H,6H2,1H3,(H,16,17). The molecule has 100 valence electrons. The fourth-order valence-electron chi connectivity index (χ4n) is 1.58. The van der Waals surface area contributed by atoms with Crippen molar-refractivity contribution in [3.05, 3.63) is 53.0 Å². The van der Waals surface area contributed by atoms with Crippen LogP contribution in [0.4, 0.5) is 8.78 Å². The van der Waals surface area contributed by atoms with Gasteiger partial charge in [-0.3, -0.25) is 0 Å². The highest BCUT2D eigenvalue weighted by Gasteiger charge is 2.15. The van der Waals surface area contributed by atoms with Crippen LogP contribution < -0.4 is 4.74 Å². The zero-order valence-corrected chi connectivity index (χ0v) is 9.94. The van der Waals surface area contributed by atoms with Crippen LogP contribution in [0.15, 0.2) is 28.7 Å². The highest BCUT2D eigenvalue weighted by atomic mass is 19.2. The third-order valence-electron chi connectivity index (χ3n) is 2.45. The van der Waals surface area contributed by atoms with Gasteiger partial charge >= 0.3 is 5.97 Å². The van der Waals surface area contributed by atoms with Crippen LogP contribution in [0, 0.1) is 18.6 Å². The molecule has 2 rings (SSSR count). The van der Waals surface area contributed by atoms with E-state index in [0.717, 1.165) is 6.07 Å². The molecule has 0 saturated carbocycles. The Morgan fingerprint density at radius 3 is 2.79 bits per heavy atom. The van der Waals surface area contributed by atoms with Crippen LogP contribution in [-0.4, -0.2) is 11.1 Å². The topological polar surface area (TPSA) is 59.7 Å². The van der Waals surface area contributed by atoms with E-state index < -0.39 is 17.6 Å². The number of carbonyl (C=O) groups is 1. The molecule has 1 N–H and O–H groups in total. The maximum absolute atomic E-state index is 13.3. The third kappa shape index (κ3) is 2.73. The van der Waals surface area contributed by atoms with E-state index >= 15 is 0 Å². The molecule has 1 heterocycles. The van der Waals surface area contributed by atoms with Gasteiger partial charge in [-0.05, 0) is 25.1 Å². The van der Waals surface area contributed by atoms with Crippen LogP contribution in [0.1, 0.15) is 21.9 Å². The Morgan fingerprint density at radius 1 is 1.42 bits per heavy atom. The SMILES string of the molecule is Cc1cc(COc2cccc(F)c2F)oc1C(=O)O. The molecule has 0 atom stereocenters. The van der Waals surface area contributed by atoms with Gasteiger partial charge in [0, 0.05) is 5.56 Å². The van der Waals surface area contributed by atoms with Crippen molar-refractivity contribution in [1.82, 2.24) is 0 Å². The number of benzene rings is 1. The van der Waals surface area contributed by atoms with Crippen molar-refractivity contribution in [2.75, 3.05) is 0 Å². The average Bonchev–Trinajstić information content (AvgIpc) is 2.73. The highest BCUT2D eigenvalue weighted by Crippen LogP contribution is 2.21. The van der Waals surface area contributed by atoms with Gasteiger partial charge in [-0.1, -0.05) is 6.07 Å². The van der Waals surface area contributed by atoms with E-state index in [1.807, 2.05) is 0 Å². The summed E-state index contributed by atoms with van der Waals surface area (Å²) in [7, 11) is 0. The van der Waals surface area contributed by atoms with Gasteiger partial charge in [0.1, 0.15) is 12.4 Å². The number of hydrogen-bond donors (Lipinski definition) is 1. The highest BCUT2D eigenvalue weighted by molar-refractivity contribution is 5.86. The lowest BCUT2D eigenvalue weighted by Gasteiger charge is -2.05. The number of ether oxygens (including phenoxy) is 1. The van der Waals surface area contributed by atoms with Gasteiger partial charge in [-0.2, -0.15) is 4.39 Å². The number of rotatable bonds is 4. The first-order valence-corrected chi connectivity index (χ1v) is 5.38. The van der Waals surface area contributed by atoms with Crippen LogP contribution in [0.5, 0.6) is 5.75 Å². The molecule has 19 heavy (non-hydrogen) atoms. The first-order chi connectivity index (χ1) is 8.99. The van der Waals surface area contributed by atoms with Crippen molar-refractivity contribution in [2.45, 2.75) is 13.5 Å². The van der Waals surface area contributed by atoms with E-state index in [9.17, 15) is 13.6 Å². The van der Waals surface area contributed by atoms with E-state index in [1.54, 1.807) is 6.92 Å². The molecule has 6 heteroatoms. The van der Waals surface area contributed by atoms with Crippen molar-refractivity contribution in [1.29, 1.82) is 0 Å². The first-order valence-electron chi connectivity index (χ1n) is 5.38. The van der Waals surface area contributed by atoms with Gasteiger partial charge in [0.2, 0.25) is 11.6 Å². The Kier molecular flexibility index (Phi) is 3.50. The molecule has 0 unspecified atom stereocenters. The molecular formula is C13H10F2O4. The summed E-state index contributed by atoms with van der Waals surface area (Å²) in [5.41, 5.74) is 0.436. The van der Waals surface area contributed by atoms with E-state index in [1.165, 1.54) is 18.2 Å². The summed E-state index contributed by atoms with van der Waals surface area (Å²) in [5.74, 6) is -3.54. The predicted octanol–water partition coefficient (Wildman–Crippen LogP) is 3.14. The lowest BCUT2D eigenvalue weighted by atomic mass is 10.2. The second-order valence-corrected chi connectivity index (χ2v) is 3.87. The Morgan fingerprint density at radius 2 is 2.16 bits per heavy atom. The third-order valence-corrected chi connectivity index (χ3v) is 2.45. The molecule has 4 nitrogen and oxygen atoms in total. The summed E-state index contributed by atoms with van der Waals surface area (Å²) in [4.78, 5) is 10.8. The Balaban J connectivity index is 2.13. The van der Waals surface area contributed by atoms with Crippen LogP contribution in [0.3, 0.4) is 0 Å². The smallest absolute Gasteiger partial charge is 0.372 e. The normalized spacial score (nSPS) is 10.5. The van der Waals surface area contributed by atoms with E-state index in [-0.39, 0.29) is 23.9 Å². The summed E-state index contributed by atoms with van der Waals surface area (Å²) in [6.45, 7) is 1.38. The van der Waals surface area contributed by atoms with Gasteiger partial charge in [0.15, 0.2) is 11.6 Å². The Hall–Kier alpha value is -2.37. The minimum absolute atomic E-state index is 0.186. The van der Waals surface area contributed by atoms with Gasteiger partial charge in [0.05, 0.1) is 0 Å². The Labute approximate surface area is 107 Å². The molecule has 0 bridgehead atoms. The monoisotopic (exact) mass is 268 g/mol.